The first-order chi connectivity index (χ1) is 18.6. The minimum Gasteiger partial charge on any atom is -0.383 e. The number of nitrogens with one attached hydrogen (secondary N) is 1. The van der Waals surface area contributed by atoms with Crippen LogP contribution in [-0.4, -0.2) is 51.5 Å². The van der Waals surface area contributed by atoms with Crippen molar-refractivity contribution in [3.8, 4) is 11.8 Å². The number of hydrogen-bond donors (Lipinski definition) is 3. The summed E-state index contributed by atoms with van der Waals surface area (Å²) in [5.41, 5.74) is 9.15. The Hall–Kier alpha value is -4.04. The van der Waals surface area contributed by atoms with Gasteiger partial charge in [-0.05, 0) is 62.6 Å². The van der Waals surface area contributed by atoms with Crippen LogP contribution in [0, 0.1) is 18.8 Å². The lowest BCUT2D eigenvalue weighted by atomic mass is 10.1. The lowest BCUT2D eigenvalue weighted by Gasteiger charge is -2.08. The van der Waals surface area contributed by atoms with Crippen molar-refractivity contribution in [3.63, 3.8) is 0 Å². The van der Waals surface area contributed by atoms with E-state index in [0.29, 0.717) is 41.6 Å². The SMILES string of the molecule is COC(O)CCCCS(C)(=O)=NC(=O)c1cnc(N)c(C#Cc2cccc(NC(=O)c3cccc(C)c3)c2)c1. The highest BCUT2D eigenvalue weighted by molar-refractivity contribution is 7.93. The molecule has 39 heavy (non-hydrogen) atoms. The van der Waals surface area contributed by atoms with E-state index >= 15 is 0 Å². The number of aromatic nitrogens is 1. The van der Waals surface area contributed by atoms with Crippen LogP contribution in [0.5, 0.6) is 0 Å². The molecule has 204 valence electrons. The molecule has 2 atom stereocenters. The second kappa shape index (κ2) is 13.7. The fraction of sp³-hybridized carbons (Fsp3) is 0.276. The summed E-state index contributed by atoms with van der Waals surface area (Å²) in [5, 5.41) is 12.3. The smallest absolute Gasteiger partial charge is 0.286 e. The second-order valence-electron chi connectivity index (χ2n) is 9.06. The molecule has 0 aliphatic rings. The number of aliphatic hydroxyl groups is 1. The van der Waals surface area contributed by atoms with Gasteiger partial charge in [0.1, 0.15) is 5.82 Å². The van der Waals surface area contributed by atoms with Crippen molar-refractivity contribution in [1.82, 2.24) is 4.98 Å². The van der Waals surface area contributed by atoms with Crippen LogP contribution in [0.25, 0.3) is 0 Å². The van der Waals surface area contributed by atoms with E-state index in [2.05, 4.69) is 26.5 Å². The third-order valence-electron chi connectivity index (χ3n) is 5.68. The van der Waals surface area contributed by atoms with Crippen LogP contribution in [0.15, 0.2) is 65.2 Å². The van der Waals surface area contributed by atoms with Crippen LogP contribution in [0.3, 0.4) is 0 Å². The zero-order valence-corrected chi connectivity index (χ0v) is 23.0. The zero-order chi connectivity index (χ0) is 28.4. The number of amides is 2. The van der Waals surface area contributed by atoms with E-state index in [9.17, 15) is 18.9 Å². The lowest BCUT2D eigenvalue weighted by molar-refractivity contribution is -0.0790. The molecule has 0 aliphatic carbocycles. The largest absolute Gasteiger partial charge is 0.383 e. The van der Waals surface area contributed by atoms with E-state index in [-0.39, 0.29) is 23.0 Å². The second-order valence-corrected chi connectivity index (χ2v) is 11.6. The van der Waals surface area contributed by atoms with Gasteiger partial charge in [-0.2, -0.15) is 4.36 Å². The number of methoxy groups -OCH3 is 1. The number of nitrogen functional groups attached to an aromatic ring is 1. The molecule has 0 fully saturated rings. The highest BCUT2D eigenvalue weighted by atomic mass is 32.2. The van der Waals surface area contributed by atoms with Gasteiger partial charge in [-0.1, -0.05) is 35.6 Å². The number of aliphatic hydroxyl groups excluding tert-OH is 1. The number of unbranched alkanes of at least 4 members (excludes halogenated alkanes) is 1. The minimum atomic E-state index is -2.78. The number of ether oxygens (including phenoxy) is 1. The van der Waals surface area contributed by atoms with Crippen LogP contribution in [0.1, 0.15) is 56.7 Å². The normalized spacial score (nSPS) is 12.9. The molecule has 1 aromatic heterocycles. The van der Waals surface area contributed by atoms with Crippen LogP contribution in [0.4, 0.5) is 11.5 Å². The number of carbonyl (C=O) groups is 2. The average molecular weight is 549 g/mol. The van der Waals surface area contributed by atoms with E-state index < -0.39 is 21.9 Å². The molecule has 0 saturated carbocycles. The fourth-order valence-electron chi connectivity index (χ4n) is 3.58. The highest BCUT2D eigenvalue weighted by Gasteiger charge is 2.12. The lowest BCUT2D eigenvalue weighted by Crippen LogP contribution is -2.11. The van der Waals surface area contributed by atoms with Gasteiger partial charge in [0.2, 0.25) is 0 Å². The van der Waals surface area contributed by atoms with Crippen molar-refractivity contribution in [1.29, 1.82) is 0 Å². The summed E-state index contributed by atoms with van der Waals surface area (Å²) in [6.45, 7) is 1.92. The number of nitrogens with two attached hydrogens (primary N) is 1. The Morgan fingerprint density at radius 1 is 1.13 bits per heavy atom. The van der Waals surface area contributed by atoms with Gasteiger partial charge < -0.3 is 20.9 Å². The number of anilines is 2. The van der Waals surface area contributed by atoms with Gasteiger partial charge in [0, 0.05) is 42.1 Å². The summed E-state index contributed by atoms with van der Waals surface area (Å²) >= 11 is 0. The molecule has 4 N–H and O–H groups in total. The van der Waals surface area contributed by atoms with E-state index in [1.54, 1.807) is 36.4 Å². The molecule has 3 aromatic rings. The monoisotopic (exact) mass is 548 g/mol. The molecule has 0 aliphatic heterocycles. The van der Waals surface area contributed by atoms with E-state index in [1.165, 1.54) is 25.6 Å². The highest BCUT2D eigenvalue weighted by Crippen LogP contribution is 2.15. The summed E-state index contributed by atoms with van der Waals surface area (Å²) in [5.74, 6) is 5.34. The molecular weight excluding hydrogens is 516 g/mol. The van der Waals surface area contributed by atoms with Gasteiger partial charge in [-0.3, -0.25) is 9.59 Å². The summed E-state index contributed by atoms with van der Waals surface area (Å²) < 4.78 is 21.5. The topological polar surface area (TPSA) is 144 Å². The predicted octanol–water partition coefficient (Wildman–Crippen LogP) is 4.00. The molecule has 1 heterocycles. The molecule has 0 radical (unpaired) electrons. The van der Waals surface area contributed by atoms with Crippen LogP contribution < -0.4 is 11.1 Å². The Bertz CT molecular complexity index is 1530. The van der Waals surface area contributed by atoms with Gasteiger partial charge in [0.05, 0.1) is 20.9 Å². The third kappa shape index (κ3) is 9.33. The van der Waals surface area contributed by atoms with Crippen LogP contribution in [-0.2, 0) is 14.5 Å². The quantitative estimate of drug-likeness (QED) is 0.208. The Morgan fingerprint density at radius 2 is 1.90 bits per heavy atom. The van der Waals surface area contributed by atoms with E-state index in [4.69, 9.17) is 10.5 Å². The standard InChI is InChI=1S/C29H32N4O5S/c1-20-8-6-10-23(16-20)28(35)32-25-11-7-9-21(17-25)13-14-22-18-24(19-31-27(22)30)29(36)33-39(3,37)15-5-4-12-26(34)38-2/h6-11,16-19,26,34H,4-5,12,15H2,1-3H3,(H2,30,31)(H,32,35). The van der Waals surface area contributed by atoms with Crippen molar-refractivity contribution >= 4 is 33.0 Å². The molecular formula is C29H32N4O5S. The first-order valence-electron chi connectivity index (χ1n) is 12.3. The fourth-order valence-corrected chi connectivity index (χ4v) is 4.86. The molecule has 0 bridgehead atoms. The maximum absolute atomic E-state index is 12.8. The maximum Gasteiger partial charge on any atom is 0.286 e. The van der Waals surface area contributed by atoms with Crippen LogP contribution in [0.2, 0.25) is 0 Å². The maximum atomic E-state index is 12.8. The van der Waals surface area contributed by atoms with Crippen molar-refractivity contribution in [3.05, 3.63) is 88.6 Å². The van der Waals surface area contributed by atoms with Gasteiger partial charge in [-0.25, -0.2) is 9.19 Å². The summed E-state index contributed by atoms with van der Waals surface area (Å²) in [6, 6.07) is 15.8. The zero-order valence-electron chi connectivity index (χ0n) is 22.1. The Balaban J connectivity index is 1.72. The van der Waals surface area contributed by atoms with Crippen molar-refractivity contribution in [2.45, 2.75) is 32.5 Å². The van der Waals surface area contributed by atoms with Crippen molar-refractivity contribution < 1.29 is 23.6 Å². The number of benzene rings is 2. The third-order valence-corrected chi connectivity index (χ3v) is 7.28. The molecule has 9 nitrogen and oxygen atoms in total. The van der Waals surface area contributed by atoms with Gasteiger partial charge in [0.15, 0.2) is 6.29 Å². The van der Waals surface area contributed by atoms with Crippen molar-refractivity contribution in [2.24, 2.45) is 4.36 Å². The average Bonchev–Trinajstić information content (AvgIpc) is 2.90. The van der Waals surface area contributed by atoms with Gasteiger partial charge in [0.25, 0.3) is 11.8 Å². The Labute approximate surface area is 229 Å². The first kappa shape index (κ1) is 29.5. The van der Waals surface area contributed by atoms with Gasteiger partial charge in [-0.15, -0.1) is 0 Å². The molecule has 3 rings (SSSR count). The first-order valence-corrected chi connectivity index (χ1v) is 14.4. The number of hydrogen-bond acceptors (Lipinski definition) is 7. The molecule has 2 amide bonds. The van der Waals surface area contributed by atoms with E-state index in [0.717, 1.165) is 5.56 Å². The predicted molar refractivity (Wildman–Crippen MR) is 153 cm³/mol. The molecule has 2 aromatic carbocycles. The number of rotatable bonds is 9. The molecule has 0 spiro atoms. The Kier molecular flexibility index (Phi) is 10.3. The summed E-state index contributed by atoms with van der Waals surface area (Å²) in [4.78, 5) is 29.3. The van der Waals surface area contributed by atoms with Crippen molar-refractivity contribution in [2.75, 3.05) is 30.2 Å². The molecule has 2 unspecified atom stereocenters. The van der Waals surface area contributed by atoms with Gasteiger partial charge >= 0.3 is 0 Å². The van der Waals surface area contributed by atoms with E-state index in [1.807, 2.05) is 19.1 Å². The minimum absolute atomic E-state index is 0.122. The molecule has 10 heteroatoms. The molecule has 0 saturated heterocycles. The number of aryl methyl sites for hydroxylation is 1. The van der Waals surface area contributed by atoms with Crippen LogP contribution >= 0.6 is 0 Å². The number of pyridine rings is 1. The number of carbonyl (C=O) groups excluding carboxylic acids is 2. The summed E-state index contributed by atoms with van der Waals surface area (Å²) in [6.07, 6.45) is 3.35. The number of nitrogens with zero attached hydrogens (tertiary/aromatic N) is 2. The Morgan fingerprint density at radius 3 is 2.64 bits per heavy atom. The summed E-state index contributed by atoms with van der Waals surface area (Å²) in [7, 11) is -1.37.